The SMILES string of the molecule is CNCc1[nH]nc(-c2ccc3c(c2)CCC3)c1C. The maximum Gasteiger partial charge on any atom is 0.0953 e. The van der Waals surface area contributed by atoms with E-state index < -0.39 is 0 Å². The van der Waals surface area contributed by atoms with Gasteiger partial charge < -0.3 is 5.32 Å². The third kappa shape index (κ3) is 1.85. The van der Waals surface area contributed by atoms with Crippen molar-refractivity contribution < 1.29 is 0 Å². The van der Waals surface area contributed by atoms with E-state index in [1.165, 1.54) is 47.2 Å². The van der Waals surface area contributed by atoms with Crippen molar-refractivity contribution in [2.24, 2.45) is 0 Å². The van der Waals surface area contributed by atoms with Gasteiger partial charge in [-0.3, -0.25) is 5.10 Å². The lowest BCUT2D eigenvalue weighted by Crippen LogP contribution is -2.06. The molecular formula is C15H19N3. The maximum absolute atomic E-state index is 4.47. The van der Waals surface area contributed by atoms with Gasteiger partial charge in [0, 0.05) is 12.1 Å². The van der Waals surface area contributed by atoms with Crippen LogP contribution in [0, 0.1) is 6.92 Å². The van der Waals surface area contributed by atoms with Gasteiger partial charge in [-0.2, -0.15) is 5.10 Å². The second-order valence-corrected chi connectivity index (χ2v) is 5.04. The molecule has 0 unspecified atom stereocenters. The van der Waals surface area contributed by atoms with Crippen LogP contribution in [0.25, 0.3) is 11.3 Å². The molecule has 0 aliphatic heterocycles. The molecule has 0 radical (unpaired) electrons. The molecule has 3 rings (SSSR count). The van der Waals surface area contributed by atoms with Crippen molar-refractivity contribution in [2.75, 3.05) is 7.05 Å². The number of hydrogen-bond donors (Lipinski definition) is 2. The fraction of sp³-hybridized carbons (Fsp3) is 0.400. The number of H-pyrrole nitrogens is 1. The highest BCUT2D eigenvalue weighted by Gasteiger charge is 2.14. The van der Waals surface area contributed by atoms with Crippen LogP contribution in [0.3, 0.4) is 0 Å². The summed E-state index contributed by atoms with van der Waals surface area (Å²) in [5.74, 6) is 0. The largest absolute Gasteiger partial charge is 0.314 e. The lowest BCUT2D eigenvalue weighted by atomic mass is 10.0. The first-order valence-corrected chi connectivity index (χ1v) is 6.60. The Bertz CT molecular complexity index is 569. The third-order valence-electron chi connectivity index (χ3n) is 3.84. The fourth-order valence-electron chi connectivity index (χ4n) is 2.78. The predicted molar refractivity (Wildman–Crippen MR) is 73.5 cm³/mol. The minimum absolute atomic E-state index is 0.837. The van der Waals surface area contributed by atoms with Crippen molar-refractivity contribution in [1.29, 1.82) is 0 Å². The molecule has 0 saturated carbocycles. The molecule has 18 heavy (non-hydrogen) atoms. The molecule has 1 aromatic heterocycles. The van der Waals surface area contributed by atoms with E-state index in [1.807, 2.05) is 7.05 Å². The maximum atomic E-state index is 4.47. The van der Waals surface area contributed by atoms with Crippen molar-refractivity contribution >= 4 is 0 Å². The molecule has 94 valence electrons. The van der Waals surface area contributed by atoms with Crippen LogP contribution in [0.4, 0.5) is 0 Å². The number of fused-ring (bicyclic) bond motifs is 1. The first-order chi connectivity index (χ1) is 8.79. The first-order valence-electron chi connectivity index (χ1n) is 6.60. The minimum atomic E-state index is 0.837. The average molecular weight is 241 g/mol. The normalized spacial score (nSPS) is 13.9. The molecule has 0 saturated heterocycles. The van der Waals surface area contributed by atoms with Crippen LogP contribution in [-0.4, -0.2) is 17.2 Å². The summed E-state index contributed by atoms with van der Waals surface area (Å²) < 4.78 is 0. The Morgan fingerprint density at radius 2 is 2.11 bits per heavy atom. The van der Waals surface area contributed by atoms with E-state index in [4.69, 9.17) is 0 Å². The lowest BCUT2D eigenvalue weighted by Gasteiger charge is -2.04. The molecule has 0 atom stereocenters. The van der Waals surface area contributed by atoms with Gasteiger partial charge in [-0.05, 0) is 56.0 Å². The van der Waals surface area contributed by atoms with Crippen molar-refractivity contribution in [2.45, 2.75) is 32.7 Å². The summed E-state index contributed by atoms with van der Waals surface area (Å²) in [5, 5.41) is 10.8. The van der Waals surface area contributed by atoms with E-state index in [0.717, 1.165) is 12.2 Å². The Kier molecular flexibility index (Phi) is 2.92. The number of benzene rings is 1. The Morgan fingerprint density at radius 1 is 1.28 bits per heavy atom. The van der Waals surface area contributed by atoms with Gasteiger partial charge in [-0.1, -0.05) is 12.1 Å². The highest BCUT2D eigenvalue weighted by atomic mass is 15.1. The molecule has 1 aliphatic rings. The minimum Gasteiger partial charge on any atom is -0.314 e. The number of rotatable bonds is 3. The molecule has 1 heterocycles. The third-order valence-corrected chi connectivity index (χ3v) is 3.84. The molecule has 3 nitrogen and oxygen atoms in total. The summed E-state index contributed by atoms with van der Waals surface area (Å²) in [4.78, 5) is 0. The van der Waals surface area contributed by atoms with Gasteiger partial charge in [0.05, 0.1) is 11.4 Å². The number of aromatic nitrogens is 2. The molecule has 3 heteroatoms. The van der Waals surface area contributed by atoms with Crippen LogP contribution in [0.5, 0.6) is 0 Å². The monoisotopic (exact) mass is 241 g/mol. The van der Waals surface area contributed by atoms with Crippen molar-refractivity contribution in [3.8, 4) is 11.3 Å². The smallest absolute Gasteiger partial charge is 0.0953 e. The van der Waals surface area contributed by atoms with E-state index in [1.54, 1.807) is 0 Å². The van der Waals surface area contributed by atoms with Gasteiger partial charge in [0.1, 0.15) is 0 Å². The van der Waals surface area contributed by atoms with Gasteiger partial charge in [0.25, 0.3) is 0 Å². The number of nitrogens with zero attached hydrogens (tertiary/aromatic N) is 1. The van der Waals surface area contributed by atoms with E-state index in [0.29, 0.717) is 0 Å². The van der Waals surface area contributed by atoms with Crippen LogP contribution in [0.2, 0.25) is 0 Å². The van der Waals surface area contributed by atoms with Gasteiger partial charge in [0.2, 0.25) is 0 Å². The van der Waals surface area contributed by atoms with Crippen LogP contribution in [-0.2, 0) is 19.4 Å². The molecule has 0 amide bonds. The van der Waals surface area contributed by atoms with Crippen molar-refractivity contribution in [3.63, 3.8) is 0 Å². The van der Waals surface area contributed by atoms with Gasteiger partial charge in [-0.15, -0.1) is 0 Å². The van der Waals surface area contributed by atoms with E-state index in [9.17, 15) is 0 Å². The van der Waals surface area contributed by atoms with E-state index >= 15 is 0 Å². The Balaban J connectivity index is 1.99. The highest BCUT2D eigenvalue weighted by molar-refractivity contribution is 5.65. The molecular weight excluding hydrogens is 222 g/mol. The van der Waals surface area contributed by atoms with Crippen molar-refractivity contribution in [1.82, 2.24) is 15.5 Å². The number of nitrogens with one attached hydrogen (secondary N) is 2. The van der Waals surface area contributed by atoms with E-state index in [-0.39, 0.29) is 0 Å². The quantitative estimate of drug-likeness (QED) is 0.867. The Hall–Kier alpha value is -1.61. The summed E-state index contributed by atoms with van der Waals surface area (Å²) in [5.41, 5.74) is 7.78. The molecule has 1 aliphatic carbocycles. The Labute approximate surface area is 108 Å². The lowest BCUT2D eigenvalue weighted by molar-refractivity contribution is 0.779. The molecule has 0 bridgehead atoms. The molecule has 0 fully saturated rings. The van der Waals surface area contributed by atoms with Crippen LogP contribution in [0.15, 0.2) is 18.2 Å². The molecule has 1 aromatic carbocycles. The molecule has 2 N–H and O–H groups in total. The zero-order chi connectivity index (χ0) is 12.5. The number of aromatic amines is 1. The zero-order valence-electron chi connectivity index (χ0n) is 11.0. The summed E-state index contributed by atoms with van der Waals surface area (Å²) >= 11 is 0. The van der Waals surface area contributed by atoms with Crippen LogP contribution < -0.4 is 5.32 Å². The summed E-state index contributed by atoms with van der Waals surface area (Å²) in [6.45, 7) is 2.97. The van der Waals surface area contributed by atoms with Crippen LogP contribution in [0.1, 0.15) is 28.8 Å². The topological polar surface area (TPSA) is 40.7 Å². The second kappa shape index (κ2) is 4.58. The number of aryl methyl sites for hydroxylation is 2. The molecule has 0 spiro atoms. The van der Waals surface area contributed by atoms with E-state index in [2.05, 4.69) is 40.6 Å². The first kappa shape index (κ1) is 11.5. The summed E-state index contributed by atoms with van der Waals surface area (Å²) in [6.07, 6.45) is 3.75. The van der Waals surface area contributed by atoms with Crippen molar-refractivity contribution in [3.05, 3.63) is 40.6 Å². The summed E-state index contributed by atoms with van der Waals surface area (Å²) in [6, 6.07) is 6.79. The van der Waals surface area contributed by atoms with Gasteiger partial charge in [-0.25, -0.2) is 0 Å². The van der Waals surface area contributed by atoms with Crippen LogP contribution >= 0.6 is 0 Å². The zero-order valence-corrected chi connectivity index (χ0v) is 11.0. The summed E-state index contributed by atoms with van der Waals surface area (Å²) in [7, 11) is 1.95. The van der Waals surface area contributed by atoms with Gasteiger partial charge >= 0.3 is 0 Å². The number of hydrogen-bond acceptors (Lipinski definition) is 2. The predicted octanol–water partition coefficient (Wildman–Crippen LogP) is 2.59. The van der Waals surface area contributed by atoms with Gasteiger partial charge in [0.15, 0.2) is 0 Å². The fourth-order valence-corrected chi connectivity index (χ4v) is 2.78. The molecule has 2 aromatic rings. The standard InChI is InChI=1S/C15H19N3/c1-10-14(9-16-2)17-18-15(10)13-7-6-11-4-3-5-12(11)8-13/h6-8,16H,3-5,9H2,1-2H3,(H,17,18). The Morgan fingerprint density at radius 3 is 2.94 bits per heavy atom. The highest BCUT2D eigenvalue weighted by Crippen LogP contribution is 2.29. The second-order valence-electron chi connectivity index (χ2n) is 5.04. The average Bonchev–Trinajstić information content (AvgIpc) is 2.97.